The van der Waals surface area contributed by atoms with Crippen LogP contribution in [0.4, 0.5) is 0 Å². The van der Waals surface area contributed by atoms with Crippen LogP contribution in [0, 0.1) is 4.84 Å². The largest absolute Gasteiger partial charge is 0.507 e. The summed E-state index contributed by atoms with van der Waals surface area (Å²) in [5.41, 5.74) is 3.22. The lowest BCUT2D eigenvalue weighted by Crippen LogP contribution is -1.98. The number of phenols is 1. The fraction of sp³-hybridized carbons (Fsp3) is 0.180. The molecule has 0 unspecified atom stereocenters. The average Bonchev–Trinajstić information content (AvgIpc) is 1.72. The highest BCUT2D eigenvalue weighted by molar-refractivity contribution is 7.98. The monoisotopic (exact) mass is 1360 g/mol. The van der Waals surface area contributed by atoms with Gasteiger partial charge in [-0.15, -0.1) is 35.7 Å². The molecule has 0 aliphatic carbocycles. The fourth-order valence-electron chi connectivity index (χ4n) is 8.55. The number of nitrogens with zero attached hydrogens (tertiary/aromatic N) is 8. The van der Waals surface area contributed by atoms with Crippen LogP contribution in [0.25, 0.3) is 113 Å². The van der Waals surface area contributed by atoms with E-state index in [4.69, 9.17) is 99.0 Å². The maximum absolute atomic E-state index is 10.9. The van der Waals surface area contributed by atoms with Gasteiger partial charge in [0.15, 0.2) is 56.0 Å². The van der Waals surface area contributed by atoms with E-state index in [-0.39, 0.29) is 55.6 Å². The highest BCUT2D eigenvalue weighted by Crippen LogP contribution is 2.38. The van der Waals surface area contributed by atoms with E-state index in [0.29, 0.717) is 113 Å². The van der Waals surface area contributed by atoms with E-state index < -0.39 is 5.76 Å². The van der Waals surface area contributed by atoms with Crippen LogP contribution >= 0.6 is 35.7 Å². The van der Waals surface area contributed by atoms with Crippen molar-refractivity contribution >= 4 is 90.6 Å². The molecule has 0 radical (unpaired) electrons. The molecule has 95 heavy (non-hydrogen) atoms. The van der Waals surface area contributed by atoms with E-state index in [1.165, 1.54) is 30.6 Å². The summed E-state index contributed by atoms with van der Waals surface area (Å²) < 4.78 is 100. The van der Waals surface area contributed by atoms with E-state index in [1.54, 1.807) is 89.1 Å². The molecular weight excluding hydrogens is 1300 g/mol. The van der Waals surface area contributed by atoms with E-state index >= 15 is 0 Å². The number of aromatic amines is 2. The first kappa shape index (κ1) is 65.4. The Morgan fingerprint density at radius 3 is 1.08 bits per heavy atom. The minimum atomic E-state index is -0.633. The van der Waals surface area contributed by atoms with Gasteiger partial charge in [0.1, 0.15) is 56.7 Å². The van der Waals surface area contributed by atoms with Gasteiger partial charge in [-0.3, -0.25) is 0 Å². The average molecular weight is 1360 g/mol. The summed E-state index contributed by atoms with van der Waals surface area (Å²) in [4.78, 5) is 11.1. The number of aromatic nitrogens is 10. The normalized spacial score (nSPS) is 11.0. The summed E-state index contributed by atoms with van der Waals surface area (Å²) in [5, 5.41) is 49.9. The number of fused-ring (bicyclic) bond motifs is 5. The predicted octanol–water partition coefficient (Wildman–Crippen LogP) is 13.5. The maximum Gasteiger partial charge on any atom is 0.434 e. The molecule has 10 aromatic heterocycles. The van der Waals surface area contributed by atoms with Crippen molar-refractivity contribution in [3.8, 4) is 93.1 Å². The van der Waals surface area contributed by atoms with Crippen molar-refractivity contribution in [3.05, 3.63) is 137 Å². The number of nitrogens with one attached hydrogen (secondary N) is 2. The summed E-state index contributed by atoms with van der Waals surface area (Å²) >= 11 is 7.57. The minimum absolute atomic E-state index is 0.0799. The van der Waals surface area contributed by atoms with Crippen molar-refractivity contribution < 1.29 is 91.9 Å². The van der Waals surface area contributed by atoms with Crippen molar-refractivity contribution in [1.29, 1.82) is 0 Å². The molecule has 15 rings (SSSR count). The first-order valence-electron chi connectivity index (χ1n) is 27.5. The smallest absolute Gasteiger partial charge is 0.434 e. The Labute approximate surface area is 546 Å². The van der Waals surface area contributed by atoms with Crippen LogP contribution in [-0.2, 0) is 18.9 Å². The molecule has 34 heteroatoms. The molecule has 0 bridgehead atoms. The summed E-state index contributed by atoms with van der Waals surface area (Å²) in [5.74, 6) is 5.72. The Kier molecular flexibility index (Phi) is 21.3. The van der Waals surface area contributed by atoms with E-state index in [2.05, 4.69) is 51.0 Å². The van der Waals surface area contributed by atoms with Crippen LogP contribution < -0.4 is 29.4 Å². The second-order valence-corrected chi connectivity index (χ2v) is 20.6. The predicted molar refractivity (Wildman–Crippen MR) is 340 cm³/mol. The lowest BCUT2D eigenvalue weighted by Gasteiger charge is -2.04. The third-order valence-corrected chi connectivity index (χ3v) is 13.8. The zero-order chi connectivity index (χ0) is 66.2. The Morgan fingerprint density at radius 2 is 0.758 bits per heavy atom. The molecule has 0 aliphatic heterocycles. The van der Waals surface area contributed by atoms with Crippen LogP contribution in [-0.4, -0.2) is 131 Å². The van der Waals surface area contributed by atoms with Gasteiger partial charge in [-0.2, -0.15) is 0 Å². The summed E-state index contributed by atoms with van der Waals surface area (Å²) in [6, 6.07) is 35.7. The van der Waals surface area contributed by atoms with Crippen LogP contribution in [0.5, 0.6) is 34.8 Å². The first-order valence-corrected chi connectivity index (χ1v) is 30.4. The number of methoxy groups -OCH3 is 5. The lowest BCUT2D eigenvalue weighted by molar-refractivity contribution is 0.0520. The van der Waals surface area contributed by atoms with Gasteiger partial charge < -0.3 is 91.9 Å². The Bertz CT molecular complexity index is 4830. The first-order chi connectivity index (χ1) is 46.5. The number of furan rings is 5. The highest BCUT2D eigenvalue weighted by Gasteiger charge is 2.20. The van der Waals surface area contributed by atoms with Gasteiger partial charge in [0.25, 0.3) is 44.7 Å². The topological polar surface area (TPSA) is 386 Å². The number of rotatable bonds is 20. The molecule has 5 aromatic carbocycles. The molecule has 490 valence electrons. The highest BCUT2D eigenvalue weighted by atomic mass is 32.2. The Balaban J connectivity index is 0.000000121. The van der Waals surface area contributed by atoms with Gasteiger partial charge in [-0.1, -0.05) is 59.0 Å². The van der Waals surface area contributed by atoms with Gasteiger partial charge in [-0.25, -0.2) is 15.0 Å². The molecule has 0 saturated carbocycles. The summed E-state index contributed by atoms with van der Waals surface area (Å²) in [6.45, 7) is 0.643. The number of benzene rings is 5. The molecule has 10 heterocycles. The van der Waals surface area contributed by atoms with Crippen molar-refractivity contribution in [3.63, 3.8) is 0 Å². The number of hydrogen-bond donors (Lipinski definition) is 3. The fourth-order valence-corrected chi connectivity index (χ4v) is 9.24. The molecule has 0 atom stereocenters. The zero-order valence-electron chi connectivity index (χ0n) is 50.8. The molecule has 31 nitrogen and oxygen atoms in total. The number of phenolic OH excluding ortho intramolecular Hbond substituents is 1. The van der Waals surface area contributed by atoms with Crippen LogP contribution in [0.1, 0.15) is 0 Å². The Hall–Kier alpha value is -11.1. The number of H-pyrrole nitrogens is 2. The SMILES string of the molecule is COCOc1cccc2oc(-c3n[nH]c(=O)o3)cc12.COCOc1cccc2oc(-c3n[nH]c(=S)o3)cc12.COCOc1cccc2oc(-c3nnc(OC)o3)cc12.COCOc1cccc2oc(-c3nnc(SC)o3)cc12.CSc1nnc(-c2cc3c(O)cccc3o2)o1. The van der Waals surface area contributed by atoms with E-state index in [0.717, 1.165) is 21.5 Å². The van der Waals surface area contributed by atoms with Crippen molar-refractivity contribution in [2.75, 3.05) is 75.2 Å². The van der Waals surface area contributed by atoms with Crippen LogP contribution in [0.2, 0.25) is 0 Å². The molecule has 15 aromatic rings. The minimum Gasteiger partial charge on any atom is -0.507 e. The number of aromatic hydroxyl groups is 1. The maximum atomic E-state index is 10.9. The van der Waals surface area contributed by atoms with Gasteiger partial charge in [0.2, 0.25) is 0 Å². The summed E-state index contributed by atoms with van der Waals surface area (Å²) in [7, 11) is 7.69. The van der Waals surface area contributed by atoms with Crippen molar-refractivity contribution in [2.45, 2.75) is 10.4 Å². The molecule has 0 amide bonds. The number of thioether (sulfide) groups is 2. The third-order valence-electron chi connectivity index (χ3n) is 12.6. The lowest BCUT2D eigenvalue weighted by atomic mass is 10.2. The quantitative estimate of drug-likeness (QED) is 0.0362. The standard InChI is InChI=1S/C13H12N2O5.C13H12N2O4S.C12H10N2O5.C12H10N2O4S.C11H8N2O3S/c1-16-7-18-9-4-3-5-10-8(9)6-11(19-10)12-14-15-13(17-2)20-12;1-16-7-17-9-4-3-5-10-8(9)6-11(18-10)12-14-15-13(19-12)20-2;1-16-6-17-8-3-2-4-9-7(8)5-10(18-9)11-13-14-12(15)19-11;1-15-6-16-8-3-2-4-9-7(8)5-10(17-9)11-13-14-12(19)18-11;1-17-11-13-12-10(16-11)9-5-6-7(14)3-2-4-8(6)15-9/h2*3-6H,7H2,1-2H3;2-5H,6H2,1H3,(H,14,15);2-5H,6H2,1H3,(H,14,19);2-5,14H,1H3. The van der Waals surface area contributed by atoms with Gasteiger partial charge >= 0.3 is 11.8 Å². The van der Waals surface area contributed by atoms with E-state index in [1.807, 2.05) is 73.2 Å². The summed E-state index contributed by atoms with van der Waals surface area (Å²) in [6.07, 6.45) is 3.80. The number of ether oxygens (including phenoxy) is 9. The molecule has 0 fully saturated rings. The zero-order valence-corrected chi connectivity index (χ0v) is 53.2. The van der Waals surface area contributed by atoms with Gasteiger partial charge in [0, 0.05) is 58.8 Å². The molecule has 3 N–H and O–H groups in total. The van der Waals surface area contributed by atoms with Gasteiger partial charge in [-0.05, 0) is 85.4 Å². The second kappa shape index (κ2) is 31.0. The molecule has 0 spiro atoms. The van der Waals surface area contributed by atoms with Crippen LogP contribution in [0.15, 0.2) is 181 Å². The van der Waals surface area contributed by atoms with E-state index in [9.17, 15) is 9.90 Å². The Morgan fingerprint density at radius 1 is 0.411 bits per heavy atom. The third kappa shape index (κ3) is 15.7. The van der Waals surface area contributed by atoms with Crippen molar-refractivity contribution in [1.82, 2.24) is 51.0 Å². The molecular formula is C61H52N10O21S3. The second-order valence-electron chi connectivity index (χ2n) is 18.7. The number of hydrogen-bond acceptors (Lipinski definition) is 32. The molecule has 0 aliphatic rings. The van der Waals surface area contributed by atoms with Crippen LogP contribution in [0.3, 0.4) is 0 Å². The van der Waals surface area contributed by atoms with Gasteiger partial charge in [0.05, 0.1) is 34.0 Å². The molecule has 0 saturated heterocycles. The van der Waals surface area contributed by atoms with Crippen molar-refractivity contribution in [2.24, 2.45) is 0 Å².